The van der Waals surface area contributed by atoms with E-state index in [2.05, 4.69) is 41.4 Å². The third-order valence-electron chi connectivity index (χ3n) is 3.95. The van der Waals surface area contributed by atoms with Gasteiger partial charge < -0.3 is 4.90 Å². The van der Waals surface area contributed by atoms with Crippen molar-refractivity contribution in [2.75, 3.05) is 13.1 Å². The molecule has 0 N–H and O–H groups in total. The second-order valence-corrected chi connectivity index (χ2v) is 5.00. The fourth-order valence-electron chi connectivity index (χ4n) is 2.94. The Morgan fingerprint density at radius 1 is 1.00 bits per heavy atom. The summed E-state index contributed by atoms with van der Waals surface area (Å²) in [6.45, 7) is 2.58. The topological polar surface area (TPSA) is 3.24 Å². The lowest BCUT2D eigenvalue weighted by Gasteiger charge is -2.39. The van der Waals surface area contributed by atoms with Crippen molar-refractivity contribution in [2.24, 2.45) is 5.92 Å². The Labute approximate surface area is 97.8 Å². The summed E-state index contributed by atoms with van der Waals surface area (Å²) in [5.74, 6) is 0.897. The van der Waals surface area contributed by atoms with Crippen molar-refractivity contribution in [3.05, 3.63) is 47.7 Å². The van der Waals surface area contributed by atoms with E-state index < -0.39 is 0 Å². The highest BCUT2D eigenvalue weighted by atomic mass is 15.1. The van der Waals surface area contributed by atoms with Crippen LogP contribution in [-0.2, 0) is 6.42 Å². The van der Waals surface area contributed by atoms with Crippen LogP contribution in [0.25, 0.3) is 0 Å². The largest absolute Gasteiger partial charge is 0.377 e. The van der Waals surface area contributed by atoms with Crippen LogP contribution in [0.4, 0.5) is 0 Å². The minimum absolute atomic E-state index is 0.897. The van der Waals surface area contributed by atoms with Crippen LogP contribution < -0.4 is 0 Å². The van der Waals surface area contributed by atoms with Crippen molar-refractivity contribution in [3.8, 4) is 0 Å². The van der Waals surface area contributed by atoms with E-state index in [-0.39, 0.29) is 0 Å². The number of hydrogen-bond acceptors (Lipinski definition) is 1. The number of nitrogens with zero attached hydrogens (tertiary/aromatic N) is 1. The van der Waals surface area contributed by atoms with E-state index in [0.717, 1.165) is 5.92 Å². The van der Waals surface area contributed by atoms with Crippen molar-refractivity contribution < 1.29 is 0 Å². The highest BCUT2D eigenvalue weighted by molar-refractivity contribution is 5.19. The molecule has 0 aliphatic carbocycles. The zero-order valence-electron chi connectivity index (χ0n) is 9.73. The van der Waals surface area contributed by atoms with Gasteiger partial charge in [0.1, 0.15) is 0 Å². The van der Waals surface area contributed by atoms with Gasteiger partial charge in [-0.15, -0.1) is 0 Å². The lowest BCUT2D eigenvalue weighted by molar-refractivity contribution is 0.226. The monoisotopic (exact) mass is 213 g/mol. The van der Waals surface area contributed by atoms with Crippen LogP contribution in [0.3, 0.4) is 0 Å². The lowest BCUT2D eigenvalue weighted by atomic mass is 9.83. The van der Waals surface area contributed by atoms with Gasteiger partial charge in [0.25, 0.3) is 0 Å². The molecule has 2 bridgehead atoms. The van der Waals surface area contributed by atoms with E-state index in [1.807, 2.05) is 0 Å². The molecule has 0 spiro atoms. The van der Waals surface area contributed by atoms with Crippen molar-refractivity contribution >= 4 is 0 Å². The molecule has 1 aromatic rings. The van der Waals surface area contributed by atoms with E-state index >= 15 is 0 Å². The molecule has 1 fully saturated rings. The number of piperidine rings is 1. The second-order valence-electron chi connectivity index (χ2n) is 5.00. The maximum Gasteiger partial charge on any atom is 0.0178 e. The highest BCUT2D eigenvalue weighted by Gasteiger charge is 2.26. The van der Waals surface area contributed by atoms with Gasteiger partial charge >= 0.3 is 0 Å². The van der Waals surface area contributed by atoms with Gasteiger partial charge in [-0.3, -0.25) is 0 Å². The first kappa shape index (κ1) is 9.95. The van der Waals surface area contributed by atoms with Crippen LogP contribution in [0.1, 0.15) is 24.8 Å². The molecular formula is C15H19N. The van der Waals surface area contributed by atoms with Crippen LogP contribution in [0.5, 0.6) is 0 Å². The molecular weight excluding hydrogens is 194 g/mol. The summed E-state index contributed by atoms with van der Waals surface area (Å²) in [5.41, 5.74) is 3.17. The van der Waals surface area contributed by atoms with Gasteiger partial charge in [0, 0.05) is 13.1 Å². The number of fused-ring (bicyclic) bond motifs is 2. The van der Waals surface area contributed by atoms with E-state index in [9.17, 15) is 0 Å². The SMILES string of the molecule is C1=C(CCc2ccccc2)C2CCN1CC2. The Balaban J connectivity index is 1.64. The van der Waals surface area contributed by atoms with E-state index in [1.165, 1.54) is 44.3 Å². The molecule has 16 heavy (non-hydrogen) atoms. The van der Waals surface area contributed by atoms with Crippen molar-refractivity contribution in [1.82, 2.24) is 4.90 Å². The first-order valence-electron chi connectivity index (χ1n) is 6.40. The highest BCUT2D eigenvalue weighted by Crippen LogP contribution is 2.33. The Morgan fingerprint density at radius 2 is 1.75 bits per heavy atom. The molecule has 1 saturated heterocycles. The van der Waals surface area contributed by atoms with Crippen LogP contribution in [-0.4, -0.2) is 18.0 Å². The van der Waals surface area contributed by atoms with Crippen LogP contribution in [0.2, 0.25) is 0 Å². The Bertz CT molecular complexity index is 372. The second kappa shape index (κ2) is 4.32. The summed E-state index contributed by atoms with van der Waals surface area (Å²) in [6, 6.07) is 10.8. The van der Waals surface area contributed by atoms with Gasteiger partial charge in [0.15, 0.2) is 0 Å². The summed E-state index contributed by atoms with van der Waals surface area (Å²) in [7, 11) is 0. The summed E-state index contributed by atoms with van der Waals surface area (Å²) < 4.78 is 0. The van der Waals surface area contributed by atoms with Crippen molar-refractivity contribution in [1.29, 1.82) is 0 Å². The van der Waals surface area contributed by atoms with E-state index in [4.69, 9.17) is 0 Å². The molecule has 0 saturated carbocycles. The van der Waals surface area contributed by atoms with E-state index in [0.29, 0.717) is 0 Å². The number of benzene rings is 1. The lowest BCUT2D eigenvalue weighted by Crippen LogP contribution is -2.36. The minimum atomic E-state index is 0.897. The molecule has 0 radical (unpaired) electrons. The smallest absolute Gasteiger partial charge is 0.0178 e. The average Bonchev–Trinajstić information content (AvgIpc) is 2.39. The van der Waals surface area contributed by atoms with E-state index in [1.54, 1.807) is 5.57 Å². The first-order valence-corrected chi connectivity index (χ1v) is 6.40. The molecule has 1 aromatic carbocycles. The minimum Gasteiger partial charge on any atom is -0.377 e. The van der Waals surface area contributed by atoms with Crippen molar-refractivity contribution in [3.63, 3.8) is 0 Å². The maximum atomic E-state index is 2.50. The predicted octanol–water partition coefficient (Wildman–Crippen LogP) is 3.23. The number of aryl methyl sites for hydroxylation is 1. The fraction of sp³-hybridized carbons (Fsp3) is 0.467. The number of hydrogen-bond donors (Lipinski definition) is 0. The molecule has 4 rings (SSSR count). The molecule has 3 aliphatic rings. The van der Waals surface area contributed by atoms with Gasteiger partial charge in [0.05, 0.1) is 0 Å². The average molecular weight is 213 g/mol. The summed E-state index contributed by atoms with van der Waals surface area (Å²) in [6.07, 6.45) is 7.67. The number of rotatable bonds is 3. The standard InChI is InChI=1S/C15H19N/c1-2-4-13(5-3-1)6-7-15-12-16-10-8-14(15)9-11-16/h1-5,12,14H,6-11H2. The summed E-state index contributed by atoms with van der Waals surface area (Å²) >= 11 is 0. The van der Waals surface area contributed by atoms with Gasteiger partial charge in [-0.25, -0.2) is 0 Å². The molecule has 3 heterocycles. The van der Waals surface area contributed by atoms with Gasteiger partial charge in [0.2, 0.25) is 0 Å². The summed E-state index contributed by atoms with van der Waals surface area (Å²) in [5, 5.41) is 0. The molecule has 1 nitrogen and oxygen atoms in total. The van der Waals surface area contributed by atoms with Crippen molar-refractivity contribution in [2.45, 2.75) is 25.7 Å². The van der Waals surface area contributed by atoms with Gasteiger partial charge in [-0.2, -0.15) is 0 Å². The Hall–Kier alpha value is -1.24. The summed E-state index contributed by atoms with van der Waals surface area (Å²) in [4.78, 5) is 2.50. The van der Waals surface area contributed by atoms with Crippen LogP contribution >= 0.6 is 0 Å². The Kier molecular flexibility index (Phi) is 2.69. The molecule has 84 valence electrons. The molecule has 0 unspecified atom stereocenters. The molecule has 3 aliphatic heterocycles. The predicted molar refractivity (Wildman–Crippen MR) is 67.1 cm³/mol. The van der Waals surface area contributed by atoms with Gasteiger partial charge in [-0.1, -0.05) is 35.9 Å². The third kappa shape index (κ3) is 1.99. The maximum absolute atomic E-state index is 2.50. The molecule has 0 aromatic heterocycles. The fourth-order valence-corrected chi connectivity index (χ4v) is 2.94. The molecule has 0 amide bonds. The molecule has 1 heteroatoms. The quantitative estimate of drug-likeness (QED) is 0.745. The first-order chi connectivity index (χ1) is 7.92. The molecule has 0 atom stereocenters. The zero-order valence-corrected chi connectivity index (χ0v) is 9.73. The van der Waals surface area contributed by atoms with Gasteiger partial charge in [-0.05, 0) is 43.4 Å². The third-order valence-corrected chi connectivity index (χ3v) is 3.95. The van der Waals surface area contributed by atoms with Crippen LogP contribution in [0, 0.1) is 5.92 Å². The van der Waals surface area contributed by atoms with Crippen LogP contribution in [0.15, 0.2) is 42.1 Å². The normalized spacial score (nSPS) is 20.0. The number of allylic oxidation sites excluding steroid dienone is 1. The Morgan fingerprint density at radius 3 is 2.38 bits per heavy atom. The zero-order chi connectivity index (χ0) is 10.8.